The van der Waals surface area contributed by atoms with E-state index >= 15 is 0 Å². The lowest BCUT2D eigenvalue weighted by Gasteiger charge is -2.35. The molecule has 0 spiro atoms. The van der Waals surface area contributed by atoms with Crippen LogP contribution in [-0.4, -0.2) is 68.2 Å². The molecule has 1 aliphatic rings. The van der Waals surface area contributed by atoms with Crippen molar-refractivity contribution in [3.8, 4) is 0 Å². The van der Waals surface area contributed by atoms with Crippen LogP contribution in [-0.2, 0) is 13.1 Å². The van der Waals surface area contributed by atoms with E-state index in [1.54, 1.807) is 13.8 Å². The smallest absolute Gasteiger partial charge is 0.272 e. The molecule has 8 heteroatoms. The number of hydrogen-bond donors (Lipinski definition) is 0. The van der Waals surface area contributed by atoms with E-state index in [1.165, 1.54) is 0 Å². The van der Waals surface area contributed by atoms with E-state index in [2.05, 4.69) is 19.8 Å². The fraction of sp³-hybridized carbons (Fsp3) is 0.636. The zero-order chi connectivity index (χ0) is 22.0. The minimum Gasteiger partial charge on any atom is -0.308 e. The van der Waals surface area contributed by atoms with Crippen molar-refractivity contribution in [3.63, 3.8) is 0 Å². The van der Waals surface area contributed by atoms with Gasteiger partial charge in [0.1, 0.15) is 11.4 Å². The van der Waals surface area contributed by atoms with E-state index in [0.29, 0.717) is 24.5 Å². The second kappa shape index (κ2) is 9.22. The molecule has 1 saturated heterocycles. The molecule has 30 heavy (non-hydrogen) atoms. The molecule has 0 unspecified atom stereocenters. The van der Waals surface area contributed by atoms with E-state index in [9.17, 15) is 9.59 Å². The summed E-state index contributed by atoms with van der Waals surface area (Å²) in [7, 11) is 0. The van der Waals surface area contributed by atoms with E-state index < -0.39 is 0 Å². The summed E-state index contributed by atoms with van der Waals surface area (Å²) in [6, 6.07) is 0. The largest absolute Gasteiger partial charge is 0.308 e. The third-order valence-electron chi connectivity index (χ3n) is 6.38. The normalized spacial score (nSPS) is 15.7. The zero-order valence-corrected chi connectivity index (χ0v) is 19.2. The second-order valence-corrected chi connectivity index (χ2v) is 8.33. The van der Waals surface area contributed by atoms with Crippen LogP contribution in [0.2, 0.25) is 0 Å². The molecule has 2 aromatic rings. The molecule has 164 valence electrons. The van der Waals surface area contributed by atoms with Gasteiger partial charge in [0.25, 0.3) is 11.1 Å². The van der Waals surface area contributed by atoms with Crippen molar-refractivity contribution in [2.75, 3.05) is 39.3 Å². The lowest BCUT2D eigenvalue weighted by atomic mass is 10.2. The van der Waals surface area contributed by atoms with Crippen LogP contribution in [0.1, 0.15) is 34.2 Å². The number of nitrogens with zero attached hydrogens (tertiary/aromatic N) is 6. The molecule has 0 aliphatic carbocycles. The van der Waals surface area contributed by atoms with Crippen LogP contribution in [0.3, 0.4) is 0 Å². The van der Waals surface area contributed by atoms with Gasteiger partial charge in [-0.05, 0) is 41.5 Å². The maximum atomic E-state index is 12.4. The second-order valence-electron chi connectivity index (χ2n) is 8.33. The summed E-state index contributed by atoms with van der Waals surface area (Å²) < 4.78 is 3.71. The van der Waals surface area contributed by atoms with Gasteiger partial charge in [0.2, 0.25) is 0 Å². The Morgan fingerprint density at radius 2 is 0.900 bits per heavy atom. The molecular weight excluding hydrogens is 380 g/mol. The first kappa shape index (κ1) is 22.4. The lowest BCUT2D eigenvalue weighted by molar-refractivity contribution is 0.125. The van der Waals surface area contributed by atoms with Crippen molar-refractivity contribution < 1.29 is 0 Å². The van der Waals surface area contributed by atoms with Gasteiger partial charge in [-0.1, -0.05) is 0 Å². The van der Waals surface area contributed by atoms with E-state index in [1.807, 2.05) is 36.8 Å². The van der Waals surface area contributed by atoms with Crippen LogP contribution < -0.4 is 11.1 Å². The highest BCUT2D eigenvalue weighted by Crippen LogP contribution is 2.07. The average molecular weight is 415 g/mol. The summed E-state index contributed by atoms with van der Waals surface area (Å²) in [5.41, 5.74) is 4.90. The zero-order valence-electron chi connectivity index (χ0n) is 19.2. The van der Waals surface area contributed by atoms with Gasteiger partial charge in [-0.25, -0.2) is 0 Å². The van der Waals surface area contributed by atoms with Gasteiger partial charge < -0.3 is 9.13 Å². The molecular formula is C22H34N6O2. The molecule has 1 aliphatic heterocycles. The van der Waals surface area contributed by atoms with Crippen molar-refractivity contribution in [1.29, 1.82) is 0 Å². The number of hydrogen-bond acceptors (Lipinski definition) is 6. The molecule has 3 rings (SSSR count). The third kappa shape index (κ3) is 4.70. The standard InChI is InChI=1S/C22H34N6O2/c1-15-19(5)27(21(29)17(3)23-15)13-11-25-7-9-26(10-8-25)12-14-28-20(6)16(2)24-18(4)22(28)30/h7-14H2,1-6H3. The SMILES string of the molecule is Cc1nc(C)c(=O)n(CCN2CCN(CCn3c(C)c(C)nc(C)c3=O)CC2)c1C. The summed E-state index contributed by atoms with van der Waals surface area (Å²) in [5.74, 6) is 0. The maximum absolute atomic E-state index is 12.4. The van der Waals surface area contributed by atoms with Gasteiger partial charge >= 0.3 is 0 Å². The Morgan fingerprint density at radius 1 is 0.567 bits per heavy atom. The Bertz CT molecular complexity index is 948. The molecule has 2 aromatic heterocycles. The van der Waals surface area contributed by atoms with E-state index in [4.69, 9.17) is 0 Å². The Morgan fingerprint density at radius 3 is 1.23 bits per heavy atom. The van der Waals surface area contributed by atoms with Crippen molar-refractivity contribution in [2.45, 2.75) is 54.6 Å². The van der Waals surface area contributed by atoms with Crippen LogP contribution in [0.25, 0.3) is 0 Å². The first-order chi connectivity index (χ1) is 14.2. The lowest BCUT2D eigenvalue weighted by Crippen LogP contribution is -2.48. The number of rotatable bonds is 6. The minimum absolute atomic E-state index is 0.0143. The fourth-order valence-corrected chi connectivity index (χ4v) is 4.10. The van der Waals surface area contributed by atoms with Crippen LogP contribution >= 0.6 is 0 Å². The fourth-order valence-electron chi connectivity index (χ4n) is 4.10. The summed E-state index contributed by atoms with van der Waals surface area (Å²) in [6.07, 6.45) is 0. The van der Waals surface area contributed by atoms with Gasteiger partial charge in [0, 0.05) is 63.7 Å². The van der Waals surface area contributed by atoms with E-state index in [-0.39, 0.29) is 11.1 Å². The molecule has 8 nitrogen and oxygen atoms in total. The molecule has 0 radical (unpaired) electrons. The van der Waals surface area contributed by atoms with Crippen molar-refractivity contribution in [2.24, 2.45) is 0 Å². The summed E-state index contributed by atoms with van der Waals surface area (Å²) in [5, 5.41) is 0. The van der Waals surface area contributed by atoms with Crippen LogP contribution in [0.4, 0.5) is 0 Å². The molecule has 0 atom stereocenters. The Hall–Kier alpha value is -2.32. The number of aromatic nitrogens is 4. The third-order valence-corrected chi connectivity index (χ3v) is 6.38. The van der Waals surface area contributed by atoms with Gasteiger partial charge in [0.15, 0.2) is 0 Å². The minimum atomic E-state index is 0.0143. The quantitative estimate of drug-likeness (QED) is 0.701. The highest BCUT2D eigenvalue weighted by molar-refractivity contribution is 5.13. The molecule has 0 N–H and O–H groups in total. The van der Waals surface area contributed by atoms with Crippen molar-refractivity contribution >= 4 is 0 Å². The van der Waals surface area contributed by atoms with Gasteiger partial charge in [-0.3, -0.25) is 29.4 Å². The molecule has 0 amide bonds. The molecule has 0 saturated carbocycles. The van der Waals surface area contributed by atoms with Crippen LogP contribution in [0.15, 0.2) is 9.59 Å². The monoisotopic (exact) mass is 414 g/mol. The van der Waals surface area contributed by atoms with Gasteiger partial charge in [-0.2, -0.15) is 0 Å². The van der Waals surface area contributed by atoms with Crippen LogP contribution in [0.5, 0.6) is 0 Å². The molecule has 0 bridgehead atoms. The Kier molecular flexibility index (Phi) is 6.88. The Balaban J connectivity index is 1.53. The molecule has 1 fully saturated rings. The highest BCUT2D eigenvalue weighted by atomic mass is 16.1. The topological polar surface area (TPSA) is 76.3 Å². The molecule has 3 heterocycles. The number of piperazine rings is 1. The van der Waals surface area contributed by atoms with E-state index in [0.717, 1.165) is 62.0 Å². The van der Waals surface area contributed by atoms with Crippen molar-refractivity contribution in [3.05, 3.63) is 54.9 Å². The molecule has 0 aromatic carbocycles. The summed E-state index contributed by atoms with van der Waals surface area (Å²) >= 11 is 0. The first-order valence-electron chi connectivity index (χ1n) is 10.7. The highest BCUT2D eigenvalue weighted by Gasteiger charge is 2.18. The predicted molar refractivity (Wildman–Crippen MR) is 118 cm³/mol. The predicted octanol–water partition coefficient (Wildman–Crippen LogP) is 0.968. The van der Waals surface area contributed by atoms with Gasteiger partial charge in [-0.15, -0.1) is 0 Å². The van der Waals surface area contributed by atoms with Crippen molar-refractivity contribution in [1.82, 2.24) is 28.9 Å². The Labute approximate surface area is 178 Å². The maximum Gasteiger partial charge on any atom is 0.272 e. The average Bonchev–Trinajstić information content (AvgIpc) is 2.72. The number of aryl methyl sites for hydroxylation is 4. The summed E-state index contributed by atoms with van der Waals surface area (Å²) in [6.45, 7) is 18.4. The van der Waals surface area contributed by atoms with Crippen LogP contribution in [0, 0.1) is 41.5 Å². The summed E-state index contributed by atoms with van der Waals surface area (Å²) in [4.78, 5) is 38.3. The van der Waals surface area contributed by atoms with Gasteiger partial charge in [0.05, 0.1) is 11.4 Å². The first-order valence-corrected chi connectivity index (χ1v) is 10.7.